The SMILES string of the molecule is CCC1CCCN(CCC(=O)Nc2cc(Cl)ccc2N)C1. The van der Waals surface area contributed by atoms with E-state index in [2.05, 4.69) is 17.1 Å². The Morgan fingerprint density at radius 1 is 1.52 bits per heavy atom. The lowest BCUT2D eigenvalue weighted by molar-refractivity contribution is -0.116. The lowest BCUT2D eigenvalue weighted by Crippen LogP contribution is -2.37. The third kappa shape index (κ3) is 4.90. The van der Waals surface area contributed by atoms with Crippen molar-refractivity contribution >= 4 is 28.9 Å². The van der Waals surface area contributed by atoms with Crippen LogP contribution < -0.4 is 11.1 Å². The zero-order chi connectivity index (χ0) is 15.2. The fraction of sp³-hybridized carbons (Fsp3) is 0.562. The van der Waals surface area contributed by atoms with Gasteiger partial charge in [-0.3, -0.25) is 4.79 Å². The number of rotatable bonds is 5. The minimum absolute atomic E-state index is 0.0115. The fourth-order valence-electron chi connectivity index (χ4n) is 2.80. The highest BCUT2D eigenvalue weighted by Crippen LogP contribution is 2.23. The maximum Gasteiger partial charge on any atom is 0.225 e. The summed E-state index contributed by atoms with van der Waals surface area (Å²) in [6.07, 6.45) is 4.27. The van der Waals surface area contributed by atoms with Gasteiger partial charge in [0.25, 0.3) is 0 Å². The van der Waals surface area contributed by atoms with Gasteiger partial charge in [-0.1, -0.05) is 24.9 Å². The van der Waals surface area contributed by atoms with E-state index in [0.717, 1.165) is 25.6 Å². The predicted molar refractivity (Wildman–Crippen MR) is 88.6 cm³/mol. The van der Waals surface area contributed by atoms with E-state index in [1.54, 1.807) is 18.2 Å². The number of nitrogen functional groups attached to an aromatic ring is 1. The van der Waals surface area contributed by atoms with Crippen LogP contribution in [0.4, 0.5) is 11.4 Å². The molecule has 3 N–H and O–H groups in total. The molecule has 1 saturated heterocycles. The van der Waals surface area contributed by atoms with Crippen LogP contribution in [0, 0.1) is 5.92 Å². The van der Waals surface area contributed by atoms with Crippen LogP contribution >= 0.6 is 11.6 Å². The predicted octanol–water partition coefficient (Wildman–Crippen LogP) is 3.37. The van der Waals surface area contributed by atoms with Crippen molar-refractivity contribution in [1.82, 2.24) is 4.90 Å². The molecule has 1 atom stereocenters. The van der Waals surface area contributed by atoms with Crippen molar-refractivity contribution in [3.8, 4) is 0 Å². The minimum atomic E-state index is -0.0115. The molecule has 0 bridgehead atoms. The standard InChI is InChI=1S/C16H24ClN3O/c1-2-12-4-3-8-20(11-12)9-7-16(21)19-15-10-13(17)5-6-14(15)18/h5-6,10,12H,2-4,7-9,11,18H2,1H3,(H,19,21). The number of amides is 1. The Kier molecular flexibility index (Phi) is 5.88. The molecule has 1 heterocycles. The number of piperidine rings is 1. The molecule has 1 aromatic rings. The monoisotopic (exact) mass is 309 g/mol. The van der Waals surface area contributed by atoms with Gasteiger partial charge in [-0.15, -0.1) is 0 Å². The summed E-state index contributed by atoms with van der Waals surface area (Å²) in [6.45, 7) is 5.26. The molecule has 5 heteroatoms. The summed E-state index contributed by atoms with van der Waals surface area (Å²) in [7, 11) is 0. The molecule has 1 aliphatic heterocycles. The number of nitrogens with zero attached hydrogens (tertiary/aromatic N) is 1. The number of likely N-dealkylation sites (tertiary alicyclic amines) is 1. The van der Waals surface area contributed by atoms with Gasteiger partial charge in [-0.25, -0.2) is 0 Å². The second-order valence-electron chi connectivity index (χ2n) is 5.75. The molecule has 2 rings (SSSR count). The second-order valence-corrected chi connectivity index (χ2v) is 6.18. The van der Waals surface area contributed by atoms with Crippen molar-refractivity contribution in [2.45, 2.75) is 32.6 Å². The second kappa shape index (κ2) is 7.66. The van der Waals surface area contributed by atoms with Crippen LogP contribution in [0.5, 0.6) is 0 Å². The maximum atomic E-state index is 12.0. The molecule has 1 amide bonds. The van der Waals surface area contributed by atoms with E-state index in [1.165, 1.54) is 19.3 Å². The molecular formula is C16H24ClN3O. The van der Waals surface area contributed by atoms with E-state index in [-0.39, 0.29) is 5.91 Å². The molecule has 0 spiro atoms. The fourth-order valence-corrected chi connectivity index (χ4v) is 2.97. The summed E-state index contributed by atoms with van der Waals surface area (Å²) in [6, 6.07) is 5.10. The highest BCUT2D eigenvalue weighted by Gasteiger charge is 2.18. The van der Waals surface area contributed by atoms with Crippen molar-refractivity contribution < 1.29 is 4.79 Å². The maximum absolute atomic E-state index is 12.0. The zero-order valence-corrected chi connectivity index (χ0v) is 13.3. The molecule has 4 nitrogen and oxygen atoms in total. The number of halogens is 1. The summed E-state index contributed by atoms with van der Waals surface area (Å²) < 4.78 is 0. The van der Waals surface area contributed by atoms with Crippen molar-refractivity contribution in [2.24, 2.45) is 5.92 Å². The van der Waals surface area contributed by atoms with E-state index < -0.39 is 0 Å². The van der Waals surface area contributed by atoms with Gasteiger partial charge in [0.2, 0.25) is 5.91 Å². The molecule has 0 aromatic heterocycles. The Morgan fingerprint density at radius 3 is 3.10 bits per heavy atom. The Morgan fingerprint density at radius 2 is 2.33 bits per heavy atom. The largest absolute Gasteiger partial charge is 0.397 e. The number of carbonyl (C=O) groups is 1. The summed E-state index contributed by atoms with van der Waals surface area (Å²) in [5.74, 6) is 0.771. The van der Waals surface area contributed by atoms with Crippen LogP contribution in [-0.2, 0) is 4.79 Å². The third-order valence-electron chi connectivity index (χ3n) is 4.12. The van der Waals surface area contributed by atoms with Crippen molar-refractivity contribution in [2.75, 3.05) is 30.7 Å². The Labute approximate surface area is 131 Å². The van der Waals surface area contributed by atoms with Crippen LogP contribution in [-0.4, -0.2) is 30.4 Å². The molecule has 0 saturated carbocycles. The first-order valence-corrected chi connectivity index (χ1v) is 8.03. The molecule has 0 radical (unpaired) electrons. The first-order valence-electron chi connectivity index (χ1n) is 7.65. The van der Waals surface area contributed by atoms with Gasteiger partial charge in [-0.05, 0) is 43.5 Å². The van der Waals surface area contributed by atoms with Gasteiger partial charge in [0.05, 0.1) is 11.4 Å². The van der Waals surface area contributed by atoms with Crippen LogP contribution in [0.15, 0.2) is 18.2 Å². The molecule has 21 heavy (non-hydrogen) atoms. The van der Waals surface area contributed by atoms with E-state index in [9.17, 15) is 4.79 Å². The quantitative estimate of drug-likeness (QED) is 0.820. The number of hydrogen-bond donors (Lipinski definition) is 2. The highest BCUT2D eigenvalue weighted by atomic mass is 35.5. The summed E-state index contributed by atoms with van der Waals surface area (Å²) >= 11 is 5.92. The first-order chi connectivity index (χ1) is 10.1. The van der Waals surface area contributed by atoms with Crippen molar-refractivity contribution in [1.29, 1.82) is 0 Å². The number of nitrogens with two attached hydrogens (primary N) is 1. The zero-order valence-electron chi connectivity index (χ0n) is 12.6. The van der Waals surface area contributed by atoms with Crippen molar-refractivity contribution in [3.05, 3.63) is 23.2 Å². The van der Waals surface area contributed by atoms with E-state index in [4.69, 9.17) is 17.3 Å². The minimum Gasteiger partial charge on any atom is -0.397 e. The van der Waals surface area contributed by atoms with Crippen LogP contribution in [0.1, 0.15) is 32.6 Å². The molecule has 116 valence electrons. The first kappa shape index (κ1) is 16.1. The molecule has 1 fully saturated rings. The average molecular weight is 310 g/mol. The van der Waals surface area contributed by atoms with Gasteiger partial charge in [0.1, 0.15) is 0 Å². The van der Waals surface area contributed by atoms with Crippen LogP contribution in [0.3, 0.4) is 0 Å². The summed E-state index contributed by atoms with van der Waals surface area (Å²) in [5, 5.41) is 3.41. The molecular weight excluding hydrogens is 286 g/mol. The van der Waals surface area contributed by atoms with E-state index in [1.807, 2.05) is 0 Å². The number of benzene rings is 1. The Balaban J connectivity index is 1.80. The van der Waals surface area contributed by atoms with Gasteiger partial charge in [-0.2, -0.15) is 0 Å². The highest BCUT2D eigenvalue weighted by molar-refractivity contribution is 6.31. The number of hydrogen-bond acceptors (Lipinski definition) is 3. The topological polar surface area (TPSA) is 58.4 Å². The van der Waals surface area contributed by atoms with Gasteiger partial charge in [0, 0.05) is 24.5 Å². The third-order valence-corrected chi connectivity index (χ3v) is 4.36. The normalized spacial score (nSPS) is 19.4. The molecule has 0 aliphatic carbocycles. The van der Waals surface area contributed by atoms with Crippen LogP contribution in [0.2, 0.25) is 5.02 Å². The lowest BCUT2D eigenvalue weighted by Gasteiger charge is -2.32. The number of carbonyl (C=O) groups excluding carboxylic acids is 1. The lowest BCUT2D eigenvalue weighted by atomic mass is 9.95. The Bertz CT molecular complexity index is 492. The molecule has 1 unspecified atom stereocenters. The smallest absolute Gasteiger partial charge is 0.225 e. The van der Waals surface area contributed by atoms with E-state index in [0.29, 0.717) is 22.8 Å². The number of nitrogens with one attached hydrogen (secondary N) is 1. The van der Waals surface area contributed by atoms with Crippen molar-refractivity contribution in [3.63, 3.8) is 0 Å². The molecule has 1 aromatic carbocycles. The molecule has 1 aliphatic rings. The van der Waals surface area contributed by atoms with Gasteiger partial charge >= 0.3 is 0 Å². The Hall–Kier alpha value is -1.26. The van der Waals surface area contributed by atoms with Crippen LogP contribution in [0.25, 0.3) is 0 Å². The number of anilines is 2. The van der Waals surface area contributed by atoms with E-state index >= 15 is 0 Å². The average Bonchev–Trinajstić information content (AvgIpc) is 2.49. The summed E-state index contributed by atoms with van der Waals surface area (Å²) in [5.41, 5.74) is 6.96. The summed E-state index contributed by atoms with van der Waals surface area (Å²) in [4.78, 5) is 14.4. The van der Waals surface area contributed by atoms with Gasteiger partial charge in [0.15, 0.2) is 0 Å². The van der Waals surface area contributed by atoms with Gasteiger partial charge < -0.3 is 16.0 Å².